The summed E-state index contributed by atoms with van der Waals surface area (Å²) in [6.45, 7) is 3.92. The van der Waals surface area contributed by atoms with E-state index in [-0.39, 0.29) is 24.5 Å². The molecule has 0 spiro atoms. The number of fused-ring (bicyclic) bond motifs is 1. The van der Waals surface area contributed by atoms with Crippen LogP contribution in [-0.4, -0.2) is 16.7 Å². The van der Waals surface area contributed by atoms with Crippen LogP contribution < -0.4 is 5.32 Å². The Morgan fingerprint density at radius 3 is 2.65 bits per heavy atom. The van der Waals surface area contributed by atoms with Gasteiger partial charge in [0, 0.05) is 23.4 Å². The van der Waals surface area contributed by atoms with Crippen LogP contribution in [0.4, 0.5) is 5.69 Å². The first-order valence-electron chi connectivity index (χ1n) is 7.28. The van der Waals surface area contributed by atoms with Crippen molar-refractivity contribution < 1.29 is 9.59 Å². The molecule has 6 heteroatoms. The second kappa shape index (κ2) is 6.60. The summed E-state index contributed by atoms with van der Waals surface area (Å²) in [5.74, 6) is -0.126. The largest absolute Gasteiger partial charge is 0.326 e. The Hall–Kier alpha value is -2.05. The van der Waals surface area contributed by atoms with E-state index in [4.69, 9.17) is 0 Å². The molecular weight excluding hydrogens is 328 g/mol. The van der Waals surface area contributed by atoms with Crippen LogP contribution in [0.1, 0.15) is 32.4 Å². The van der Waals surface area contributed by atoms with Crippen molar-refractivity contribution in [1.29, 1.82) is 0 Å². The highest BCUT2D eigenvalue weighted by Gasteiger charge is 2.11. The standard InChI is InChI=1S/C17H16N2O2S2/c1-10-3-7-15(22-10)14(20)6-8-17(21)19-12-4-5-13-16(9-12)23-11(2)18-13/h3-5,7,9H,6,8H2,1-2H3,(H,19,21). The lowest BCUT2D eigenvalue weighted by Gasteiger charge is -2.04. The number of thiophene rings is 1. The van der Waals surface area contributed by atoms with E-state index >= 15 is 0 Å². The molecule has 0 aliphatic rings. The maximum atomic E-state index is 12.0. The number of carbonyl (C=O) groups is 2. The quantitative estimate of drug-likeness (QED) is 0.689. The Bertz CT molecular complexity index is 880. The number of hydrogen-bond donors (Lipinski definition) is 1. The molecular formula is C17H16N2O2S2. The van der Waals surface area contributed by atoms with E-state index in [1.165, 1.54) is 11.3 Å². The summed E-state index contributed by atoms with van der Waals surface area (Å²) < 4.78 is 1.05. The summed E-state index contributed by atoms with van der Waals surface area (Å²) in [6, 6.07) is 9.39. The lowest BCUT2D eigenvalue weighted by Crippen LogP contribution is -2.13. The van der Waals surface area contributed by atoms with Crippen molar-refractivity contribution in [2.45, 2.75) is 26.7 Å². The van der Waals surface area contributed by atoms with E-state index in [9.17, 15) is 9.59 Å². The Kier molecular flexibility index (Phi) is 4.54. The van der Waals surface area contributed by atoms with Crippen molar-refractivity contribution in [3.8, 4) is 0 Å². The number of amides is 1. The van der Waals surface area contributed by atoms with E-state index in [2.05, 4.69) is 10.3 Å². The van der Waals surface area contributed by atoms with Gasteiger partial charge in [-0.3, -0.25) is 9.59 Å². The van der Waals surface area contributed by atoms with Crippen molar-refractivity contribution in [3.63, 3.8) is 0 Å². The molecule has 23 heavy (non-hydrogen) atoms. The smallest absolute Gasteiger partial charge is 0.224 e. The molecule has 0 saturated heterocycles. The van der Waals surface area contributed by atoms with E-state index in [0.29, 0.717) is 0 Å². The second-order valence-electron chi connectivity index (χ2n) is 5.30. The van der Waals surface area contributed by atoms with Crippen LogP contribution in [-0.2, 0) is 4.79 Å². The molecule has 0 unspecified atom stereocenters. The molecule has 0 aliphatic heterocycles. The maximum Gasteiger partial charge on any atom is 0.224 e. The number of ketones is 1. The molecule has 3 rings (SSSR count). The van der Waals surface area contributed by atoms with Gasteiger partial charge >= 0.3 is 0 Å². The summed E-state index contributed by atoms with van der Waals surface area (Å²) >= 11 is 3.06. The van der Waals surface area contributed by atoms with Crippen LogP contribution in [0.5, 0.6) is 0 Å². The van der Waals surface area contributed by atoms with E-state index in [1.54, 1.807) is 11.3 Å². The average molecular weight is 344 g/mol. The van der Waals surface area contributed by atoms with Gasteiger partial charge in [-0.2, -0.15) is 0 Å². The molecule has 1 aromatic carbocycles. The highest BCUT2D eigenvalue weighted by molar-refractivity contribution is 7.18. The SMILES string of the molecule is Cc1ccc(C(=O)CCC(=O)Nc2ccc3nc(C)sc3c2)s1. The number of nitrogens with one attached hydrogen (secondary N) is 1. The monoisotopic (exact) mass is 344 g/mol. The molecule has 0 radical (unpaired) electrons. The molecule has 118 valence electrons. The van der Waals surface area contributed by atoms with Crippen LogP contribution in [0.2, 0.25) is 0 Å². The van der Waals surface area contributed by atoms with Crippen molar-refractivity contribution in [3.05, 3.63) is 45.1 Å². The number of nitrogens with zero attached hydrogens (tertiary/aromatic N) is 1. The zero-order valence-electron chi connectivity index (χ0n) is 12.9. The third-order valence-corrected chi connectivity index (χ3v) is 5.35. The minimum absolute atomic E-state index is 0.0202. The third-order valence-electron chi connectivity index (χ3n) is 3.37. The molecule has 0 bridgehead atoms. The highest BCUT2D eigenvalue weighted by Crippen LogP contribution is 2.25. The Labute approximate surface area is 142 Å². The van der Waals surface area contributed by atoms with Crippen molar-refractivity contribution in [2.75, 3.05) is 5.32 Å². The fourth-order valence-electron chi connectivity index (χ4n) is 2.28. The molecule has 0 atom stereocenters. The fourth-order valence-corrected chi connectivity index (χ4v) is 3.98. The molecule has 0 saturated carbocycles. The van der Waals surface area contributed by atoms with Crippen LogP contribution in [0.3, 0.4) is 0 Å². The number of aromatic nitrogens is 1. The van der Waals surface area contributed by atoms with Gasteiger partial charge in [-0.1, -0.05) is 0 Å². The van der Waals surface area contributed by atoms with E-state index in [0.717, 1.165) is 30.7 Å². The van der Waals surface area contributed by atoms with Crippen LogP contribution in [0.25, 0.3) is 10.2 Å². The minimum Gasteiger partial charge on any atom is -0.326 e. The number of Topliss-reactive ketones (excluding diaryl/α,β-unsaturated/α-hetero) is 1. The van der Waals surface area contributed by atoms with E-state index in [1.807, 2.05) is 44.2 Å². The van der Waals surface area contributed by atoms with Crippen molar-refractivity contribution >= 4 is 50.3 Å². The summed E-state index contributed by atoms with van der Waals surface area (Å²) in [6.07, 6.45) is 0.420. The Morgan fingerprint density at radius 2 is 1.91 bits per heavy atom. The van der Waals surface area contributed by atoms with Gasteiger partial charge in [0.1, 0.15) is 0 Å². The number of carbonyl (C=O) groups excluding carboxylic acids is 2. The summed E-state index contributed by atoms with van der Waals surface area (Å²) in [5.41, 5.74) is 1.68. The summed E-state index contributed by atoms with van der Waals surface area (Å²) in [4.78, 5) is 30.3. The van der Waals surface area contributed by atoms with Crippen LogP contribution >= 0.6 is 22.7 Å². The zero-order valence-corrected chi connectivity index (χ0v) is 14.5. The molecule has 0 fully saturated rings. The number of hydrogen-bond acceptors (Lipinski definition) is 5. The maximum absolute atomic E-state index is 12.0. The molecule has 0 aliphatic carbocycles. The second-order valence-corrected chi connectivity index (χ2v) is 7.82. The van der Waals surface area contributed by atoms with E-state index < -0.39 is 0 Å². The van der Waals surface area contributed by atoms with Gasteiger partial charge in [-0.15, -0.1) is 22.7 Å². The normalized spacial score (nSPS) is 10.9. The Balaban J connectivity index is 1.58. The van der Waals surface area contributed by atoms with Crippen molar-refractivity contribution in [1.82, 2.24) is 4.98 Å². The molecule has 2 heterocycles. The Morgan fingerprint density at radius 1 is 1.09 bits per heavy atom. The molecule has 2 aromatic heterocycles. The fraction of sp³-hybridized carbons (Fsp3) is 0.235. The van der Waals surface area contributed by atoms with Gasteiger partial charge in [0.05, 0.1) is 20.1 Å². The van der Waals surface area contributed by atoms with Gasteiger partial charge in [0.15, 0.2) is 5.78 Å². The first-order valence-corrected chi connectivity index (χ1v) is 8.91. The predicted octanol–water partition coefficient (Wildman–Crippen LogP) is 4.58. The predicted molar refractivity (Wildman–Crippen MR) is 95.6 cm³/mol. The third kappa shape index (κ3) is 3.83. The molecule has 4 nitrogen and oxygen atoms in total. The van der Waals surface area contributed by atoms with Gasteiger partial charge in [0.25, 0.3) is 0 Å². The highest BCUT2D eigenvalue weighted by atomic mass is 32.1. The number of benzene rings is 1. The number of aryl methyl sites for hydroxylation is 2. The van der Waals surface area contributed by atoms with Gasteiger partial charge in [-0.05, 0) is 44.2 Å². The molecule has 1 N–H and O–H groups in total. The zero-order chi connectivity index (χ0) is 16.4. The van der Waals surface area contributed by atoms with Gasteiger partial charge < -0.3 is 5.32 Å². The lowest BCUT2D eigenvalue weighted by atomic mass is 10.2. The lowest BCUT2D eigenvalue weighted by molar-refractivity contribution is -0.116. The van der Waals surface area contributed by atoms with Crippen molar-refractivity contribution in [2.24, 2.45) is 0 Å². The number of thiazole rings is 1. The number of anilines is 1. The first kappa shape index (κ1) is 15.8. The topological polar surface area (TPSA) is 59.1 Å². The summed E-state index contributed by atoms with van der Waals surface area (Å²) in [7, 11) is 0. The van der Waals surface area contributed by atoms with Gasteiger partial charge in [-0.25, -0.2) is 4.98 Å². The van der Waals surface area contributed by atoms with Gasteiger partial charge in [0.2, 0.25) is 5.91 Å². The molecule has 3 aromatic rings. The number of rotatable bonds is 5. The summed E-state index contributed by atoms with van der Waals surface area (Å²) in [5, 5.41) is 3.85. The average Bonchev–Trinajstić information content (AvgIpc) is 3.09. The first-order chi connectivity index (χ1) is 11.0. The van der Waals surface area contributed by atoms with Crippen LogP contribution in [0, 0.1) is 13.8 Å². The molecule has 1 amide bonds. The minimum atomic E-state index is -0.146. The van der Waals surface area contributed by atoms with Crippen LogP contribution in [0.15, 0.2) is 30.3 Å².